The van der Waals surface area contributed by atoms with Crippen LogP contribution in [-0.2, 0) is 13.6 Å². The van der Waals surface area contributed by atoms with E-state index in [1.165, 1.54) is 18.6 Å². The van der Waals surface area contributed by atoms with Gasteiger partial charge in [0.2, 0.25) is 0 Å². The van der Waals surface area contributed by atoms with Crippen LogP contribution in [0, 0.1) is 0 Å². The van der Waals surface area contributed by atoms with E-state index in [0.717, 1.165) is 16.6 Å². The highest BCUT2D eigenvalue weighted by atomic mass is 16.1. The fraction of sp³-hybridized carbons (Fsp3) is 0.143. The molecule has 0 aliphatic rings. The second-order valence-corrected chi connectivity index (χ2v) is 4.45. The average Bonchev–Trinajstić information content (AvgIpc) is 2.87. The molecule has 0 saturated heterocycles. The van der Waals surface area contributed by atoms with Crippen LogP contribution in [0.1, 0.15) is 16.1 Å². The van der Waals surface area contributed by atoms with E-state index in [2.05, 4.69) is 20.3 Å². The first-order chi connectivity index (χ1) is 9.74. The minimum atomic E-state index is -0.237. The zero-order valence-electron chi connectivity index (χ0n) is 10.9. The van der Waals surface area contributed by atoms with Gasteiger partial charge in [0.15, 0.2) is 0 Å². The molecule has 2 aromatic heterocycles. The van der Waals surface area contributed by atoms with Crippen LogP contribution in [0.4, 0.5) is 0 Å². The first-order valence-corrected chi connectivity index (χ1v) is 6.18. The van der Waals surface area contributed by atoms with E-state index < -0.39 is 0 Å². The highest BCUT2D eigenvalue weighted by molar-refractivity contribution is 5.91. The lowest BCUT2D eigenvalue weighted by atomic mass is 10.2. The summed E-state index contributed by atoms with van der Waals surface area (Å²) in [6, 6.07) is 5.93. The number of hydrogen-bond donors (Lipinski definition) is 1. The number of nitrogens with one attached hydrogen (secondary N) is 1. The van der Waals surface area contributed by atoms with Gasteiger partial charge in [0.1, 0.15) is 5.69 Å². The van der Waals surface area contributed by atoms with Crippen LogP contribution in [0.3, 0.4) is 0 Å². The number of carbonyl (C=O) groups is 1. The molecule has 3 rings (SSSR count). The molecule has 1 amide bonds. The third-order valence-electron chi connectivity index (χ3n) is 3.04. The molecular weight excluding hydrogens is 254 g/mol. The lowest BCUT2D eigenvalue weighted by molar-refractivity contribution is 0.0945. The van der Waals surface area contributed by atoms with Crippen molar-refractivity contribution in [3.05, 3.63) is 54.4 Å². The number of carbonyl (C=O) groups excluding carboxylic acids is 1. The van der Waals surface area contributed by atoms with Gasteiger partial charge in [-0.15, -0.1) is 0 Å². The van der Waals surface area contributed by atoms with E-state index in [1.807, 2.05) is 29.8 Å². The minimum Gasteiger partial charge on any atom is -0.347 e. The van der Waals surface area contributed by atoms with Crippen LogP contribution in [0.5, 0.6) is 0 Å². The van der Waals surface area contributed by atoms with Crippen LogP contribution >= 0.6 is 0 Å². The molecule has 0 aliphatic carbocycles. The van der Waals surface area contributed by atoms with Crippen molar-refractivity contribution in [2.45, 2.75) is 6.54 Å². The molecule has 0 fully saturated rings. The van der Waals surface area contributed by atoms with Crippen molar-refractivity contribution in [3.63, 3.8) is 0 Å². The van der Waals surface area contributed by atoms with Crippen molar-refractivity contribution < 1.29 is 4.79 Å². The summed E-state index contributed by atoms with van der Waals surface area (Å²) >= 11 is 0. The largest absolute Gasteiger partial charge is 0.347 e. The van der Waals surface area contributed by atoms with Crippen molar-refractivity contribution in [2.75, 3.05) is 0 Å². The van der Waals surface area contributed by atoms with Gasteiger partial charge < -0.3 is 9.88 Å². The van der Waals surface area contributed by atoms with Crippen molar-refractivity contribution >= 4 is 16.9 Å². The number of imidazole rings is 1. The Morgan fingerprint density at radius 3 is 3.00 bits per heavy atom. The monoisotopic (exact) mass is 267 g/mol. The maximum absolute atomic E-state index is 11.9. The molecular formula is C14H13N5O. The second-order valence-electron chi connectivity index (χ2n) is 4.45. The third-order valence-corrected chi connectivity index (χ3v) is 3.04. The quantitative estimate of drug-likeness (QED) is 0.776. The number of aryl methyl sites for hydroxylation is 1. The summed E-state index contributed by atoms with van der Waals surface area (Å²) in [6.07, 6.45) is 6.24. The zero-order valence-corrected chi connectivity index (χ0v) is 10.9. The summed E-state index contributed by atoms with van der Waals surface area (Å²) in [6.45, 7) is 0.432. The van der Waals surface area contributed by atoms with E-state index >= 15 is 0 Å². The Hall–Kier alpha value is -2.76. The smallest absolute Gasteiger partial charge is 0.271 e. The Balaban J connectivity index is 1.72. The molecule has 0 aliphatic heterocycles. The number of hydrogen-bond acceptors (Lipinski definition) is 4. The molecule has 2 heterocycles. The normalized spacial score (nSPS) is 10.7. The number of fused-ring (bicyclic) bond motifs is 1. The summed E-state index contributed by atoms with van der Waals surface area (Å²) in [5.41, 5.74) is 3.28. The molecule has 6 heteroatoms. The SMILES string of the molecule is Cn1cnc2cc(CNC(=O)c3cnccn3)ccc21. The van der Waals surface area contributed by atoms with Crippen molar-refractivity contribution in [1.29, 1.82) is 0 Å². The molecule has 0 radical (unpaired) electrons. The topological polar surface area (TPSA) is 72.7 Å². The van der Waals surface area contributed by atoms with Gasteiger partial charge in [-0.1, -0.05) is 6.07 Å². The number of rotatable bonds is 3. The van der Waals surface area contributed by atoms with Gasteiger partial charge in [-0.2, -0.15) is 0 Å². The molecule has 0 atom stereocenters. The molecule has 0 saturated carbocycles. The van der Waals surface area contributed by atoms with Gasteiger partial charge in [0.05, 0.1) is 23.6 Å². The molecule has 0 spiro atoms. The fourth-order valence-corrected chi connectivity index (χ4v) is 1.98. The molecule has 0 bridgehead atoms. The summed E-state index contributed by atoms with van der Waals surface area (Å²) in [5.74, 6) is -0.237. The number of benzene rings is 1. The second kappa shape index (κ2) is 5.08. The maximum Gasteiger partial charge on any atom is 0.271 e. The van der Waals surface area contributed by atoms with Gasteiger partial charge >= 0.3 is 0 Å². The highest BCUT2D eigenvalue weighted by Crippen LogP contribution is 2.13. The Bertz CT molecular complexity index is 751. The number of nitrogens with zero attached hydrogens (tertiary/aromatic N) is 4. The van der Waals surface area contributed by atoms with E-state index in [4.69, 9.17) is 0 Å². The summed E-state index contributed by atoms with van der Waals surface area (Å²) in [7, 11) is 1.95. The van der Waals surface area contributed by atoms with Crippen LogP contribution < -0.4 is 5.32 Å². The Morgan fingerprint density at radius 1 is 1.30 bits per heavy atom. The lowest BCUT2D eigenvalue weighted by Gasteiger charge is -2.04. The highest BCUT2D eigenvalue weighted by Gasteiger charge is 2.07. The Labute approximate surface area is 115 Å². The van der Waals surface area contributed by atoms with Crippen LogP contribution in [0.15, 0.2) is 43.1 Å². The van der Waals surface area contributed by atoms with Gasteiger partial charge in [0, 0.05) is 26.0 Å². The van der Waals surface area contributed by atoms with Crippen molar-refractivity contribution in [2.24, 2.45) is 7.05 Å². The molecule has 100 valence electrons. The number of amides is 1. The first kappa shape index (κ1) is 12.3. The Morgan fingerprint density at radius 2 is 2.20 bits per heavy atom. The molecule has 1 N–H and O–H groups in total. The minimum absolute atomic E-state index is 0.237. The molecule has 0 unspecified atom stereocenters. The number of aromatic nitrogens is 4. The van der Waals surface area contributed by atoms with E-state index in [1.54, 1.807) is 6.33 Å². The summed E-state index contributed by atoms with van der Waals surface area (Å²) in [4.78, 5) is 24.0. The van der Waals surface area contributed by atoms with E-state index in [0.29, 0.717) is 12.2 Å². The zero-order chi connectivity index (χ0) is 13.9. The fourth-order valence-electron chi connectivity index (χ4n) is 1.98. The predicted molar refractivity (Wildman–Crippen MR) is 73.9 cm³/mol. The van der Waals surface area contributed by atoms with Gasteiger partial charge in [0.25, 0.3) is 5.91 Å². The molecule has 3 aromatic rings. The van der Waals surface area contributed by atoms with Gasteiger partial charge in [-0.25, -0.2) is 9.97 Å². The van der Waals surface area contributed by atoms with Crippen molar-refractivity contribution in [3.8, 4) is 0 Å². The van der Waals surface area contributed by atoms with Gasteiger partial charge in [-0.05, 0) is 17.7 Å². The van der Waals surface area contributed by atoms with Crippen molar-refractivity contribution in [1.82, 2.24) is 24.8 Å². The summed E-state index contributed by atoms with van der Waals surface area (Å²) < 4.78 is 1.96. The molecule has 20 heavy (non-hydrogen) atoms. The maximum atomic E-state index is 11.9. The first-order valence-electron chi connectivity index (χ1n) is 6.18. The third kappa shape index (κ3) is 2.35. The van der Waals surface area contributed by atoms with E-state index in [9.17, 15) is 4.79 Å². The Kier molecular flexibility index (Phi) is 3.12. The predicted octanol–water partition coefficient (Wildman–Crippen LogP) is 1.29. The van der Waals surface area contributed by atoms with Crippen LogP contribution in [-0.4, -0.2) is 25.4 Å². The van der Waals surface area contributed by atoms with Crippen LogP contribution in [0.25, 0.3) is 11.0 Å². The summed E-state index contributed by atoms with van der Waals surface area (Å²) in [5, 5.41) is 2.81. The molecule has 1 aromatic carbocycles. The average molecular weight is 267 g/mol. The lowest BCUT2D eigenvalue weighted by Crippen LogP contribution is -2.23. The van der Waals surface area contributed by atoms with Crippen LogP contribution in [0.2, 0.25) is 0 Å². The molecule has 6 nitrogen and oxygen atoms in total. The van der Waals surface area contributed by atoms with Gasteiger partial charge in [-0.3, -0.25) is 9.78 Å². The standard InChI is InChI=1S/C14H13N5O/c1-19-9-18-11-6-10(2-3-13(11)19)7-17-14(20)12-8-15-4-5-16-12/h2-6,8-9H,7H2,1H3,(H,17,20). The van der Waals surface area contributed by atoms with E-state index in [-0.39, 0.29) is 5.91 Å².